The van der Waals surface area contributed by atoms with E-state index >= 15 is 0 Å². The first kappa shape index (κ1) is 18.0. The molecule has 5 heteroatoms. The molecule has 0 amide bonds. The third-order valence-electron chi connectivity index (χ3n) is 2.90. The van der Waals surface area contributed by atoms with Crippen molar-refractivity contribution >= 4 is 31.9 Å². The van der Waals surface area contributed by atoms with E-state index in [1.54, 1.807) is 0 Å². The Bertz CT molecular complexity index is 411. The zero-order valence-corrected chi connectivity index (χ0v) is 15.7. The van der Waals surface area contributed by atoms with Crippen molar-refractivity contribution in [3.8, 4) is 5.75 Å². The van der Waals surface area contributed by atoms with Crippen LogP contribution in [0.1, 0.15) is 25.3 Å². The molecule has 0 saturated heterocycles. The first-order valence-corrected chi connectivity index (χ1v) is 8.59. The molecule has 0 aliphatic carbocycles. The number of hydrogen-bond acceptors (Lipinski definition) is 3. The molecule has 114 valence electrons. The maximum absolute atomic E-state index is 5.72. The van der Waals surface area contributed by atoms with Gasteiger partial charge in [-0.3, -0.25) is 0 Å². The van der Waals surface area contributed by atoms with Crippen molar-refractivity contribution in [1.82, 2.24) is 10.2 Å². The van der Waals surface area contributed by atoms with Crippen LogP contribution in [0.25, 0.3) is 0 Å². The molecule has 1 aromatic rings. The summed E-state index contributed by atoms with van der Waals surface area (Å²) in [6.45, 7) is 5.69. The number of rotatable bonds is 9. The number of nitrogens with zero attached hydrogens (tertiary/aromatic N) is 1. The number of benzene rings is 1. The number of hydrogen-bond donors (Lipinski definition) is 1. The smallest absolute Gasteiger partial charge is 0.138 e. The highest BCUT2D eigenvalue weighted by Crippen LogP contribution is 2.32. The minimum Gasteiger partial charge on any atom is -0.492 e. The molecule has 0 unspecified atom stereocenters. The largest absolute Gasteiger partial charge is 0.492 e. The molecular formula is C15H24Br2N2O. The Balaban J connectivity index is 2.46. The highest BCUT2D eigenvalue weighted by molar-refractivity contribution is 9.11. The average Bonchev–Trinajstić information content (AvgIpc) is 2.37. The molecule has 1 N–H and O–H groups in total. The minimum atomic E-state index is 0.677. The van der Waals surface area contributed by atoms with Crippen molar-refractivity contribution in [2.24, 2.45) is 0 Å². The van der Waals surface area contributed by atoms with Crippen LogP contribution in [0.4, 0.5) is 0 Å². The lowest BCUT2D eigenvalue weighted by molar-refractivity contribution is 0.333. The van der Waals surface area contributed by atoms with Crippen LogP contribution in [0.2, 0.25) is 0 Å². The predicted octanol–water partition coefficient (Wildman–Crippen LogP) is 4.04. The van der Waals surface area contributed by atoms with Crippen molar-refractivity contribution < 1.29 is 4.74 Å². The molecule has 3 nitrogen and oxygen atoms in total. The molecule has 0 saturated carbocycles. The third kappa shape index (κ3) is 6.57. The van der Waals surface area contributed by atoms with Crippen molar-refractivity contribution in [2.75, 3.05) is 33.8 Å². The van der Waals surface area contributed by atoms with Gasteiger partial charge in [0.1, 0.15) is 5.75 Å². The van der Waals surface area contributed by atoms with E-state index in [-0.39, 0.29) is 0 Å². The number of halogens is 2. The van der Waals surface area contributed by atoms with Gasteiger partial charge in [0.15, 0.2) is 0 Å². The standard InChI is InChI=1S/C15H24Br2N2O/c1-4-20-15-12(9-13(16)10-14(15)17)11-18-7-5-6-8-19(2)3/h9-10,18H,4-8,11H2,1-3H3. The molecular weight excluding hydrogens is 384 g/mol. The van der Waals surface area contributed by atoms with Gasteiger partial charge in [-0.15, -0.1) is 0 Å². The normalized spacial score (nSPS) is 11.1. The van der Waals surface area contributed by atoms with Crippen molar-refractivity contribution in [2.45, 2.75) is 26.3 Å². The second-order valence-electron chi connectivity index (χ2n) is 5.00. The molecule has 0 radical (unpaired) electrons. The Morgan fingerprint density at radius 1 is 1.20 bits per heavy atom. The maximum atomic E-state index is 5.72. The van der Waals surface area contributed by atoms with E-state index in [4.69, 9.17) is 4.74 Å². The molecule has 0 bridgehead atoms. The van der Waals surface area contributed by atoms with Crippen molar-refractivity contribution in [1.29, 1.82) is 0 Å². The quantitative estimate of drug-likeness (QED) is 0.625. The Hall–Kier alpha value is -0.100. The molecule has 1 aromatic carbocycles. The van der Waals surface area contributed by atoms with Crippen LogP contribution in [0.5, 0.6) is 5.75 Å². The van der Waals surface area contributed by atoms with E-state index in [2.05, 4.69) is 62.2 Å². The lowest BCUT2D eigenvalue weighted by Gasteiger charge is -2.14. The summed E-state index contributed by atoms with van der Waals surface area (Å²) < 4.78 is 7.78. The third-order valence-corrected chi connectivity index (χ3v) is 3.95. The van der Waals surface area contributed by atoms with Gasteiger partial charge in [-0.2, -0.15) is 0 Å². The van der Waals surface area contributed by atoms with Gasteiger partial charge < -0.3 is 15.0 Å². The zero-order chi connectivity index (χ0) is 15.0. The van der Waals surface area contributed by atoms with Gasteiger partial charge in [-0.05, 0) is 75.0 Å². The summed E-state index contributed by atoms with van der Waals surface area (Å²) >= 11 is 7.09. The van der Waals surface area contributed by atoms with E-state index in [1.165, 1.54) is 18.4 Å². The molecule has 0 aliphatic heterocycles. The first-order chi connectivity index (χ1) is 9.54. The molecule has 0 aromatic heterocycles. The van der Waals surface area contributed by atoms with Crippen LogP contribution in [0.15, 0.2) is 21.1 Å². The van der Waals surface area contributed by atoms with Crippen LogP contribution >= 0.6 is 31.9 Å². The zero-order valence-electron chi connectivity index (χ0n) is 12.5. The molecule has 20 heavy (non-hydrogen) atoms. The number of unbranched alkanes of at least 4 members (excludes halogenated alkanes) is 1. The minimum absolute atomic E-state index is 0.677. The Labute approximate surface area is 139 Å². The summed E-state index contributed by atoms with van der Waals surface area (Å²) in [5, 5.41) is 3.49. The average molecular weight is 408 g/mol. The van der Waals surface area contributed by atoms with Crippen LogP contribution in [-0.4, -0.2) is 38.7 Å². The van der Waals surface area contributed by atoms with Gasteiger partial charge >= 0.3 is 0 Å². The molecule has 0 aliphatic rings. The van der Waals surface area contributed by atoms with E-state index in [0.29, 0.717) is 6.61 Å². The summed E-state index contributed by atoms with van der Waals surface area (Å²) in [6.07, 6.45) is 2.41. The predicted molar refractivity (Wildman–Crippen MR) is 92.5 cm³/mol. The first-order valence-electron chi connectivity index (χ1n) is 7.00. The van der Waals surface area contributed by atoms with Gasteiger partial charge in [0.2, 0.25) is 0 Å². The second kappa shape index (κ2) is 9.77. The fraction of sp³-hybridized carbons (Fsp3) is 0.600. The van der Waals surface area contributed by atoms with Crippen LogP contribution < -0.4 is 10.1 Å². The molecule has 0 heterocycles. The van der Waals surface area contributed by atoms with E-state index in [0.717, 1.165) is 34.3 Å². The van der Waals surface area contributed by atoms with Crippen LogP contribution in [0.3, 0.4) is 0 Å². The molecule has 0 fully saturated rings. The second-order valence-corrected chi connectivity index (χ2v) is 6.77. The summed E-state index contributed by atoms with van der Waals surface area (Å²) in [6, 6.07) is 4.13. The summed E-state index contributed by atoms with van der Waals surface area (Å²) in [4.78, 5) is 2.22. The topological polar surface area (TPSA) is 24.5 Å². The van der Waals surface area contributed by atoms with Crippen LogP contribution in [0, 0.1) is 0 Å². The highest BCUT2D eigenvalue weighted by atomic mass is 79.9. The van der Waals surface area contributed by atoms with E-state index in [1.807, 2.05) is 13.0 Å². The fourth-order valence-corrected chi connectivity index (χ4v) is 3.38. The van der Waals surface area contributed by atoms with E-state index < -0.39 is 0 Å². The summed E-state index contributed by atoms with van der Waals surface area (Å²) in [7, 11) is 4.22. The lowest BCUT2D eigenvalue weighted by Crippen LogP contribution is -2.18. The number of nitrogens with one attached hydrogen (secondary N) is 1. The maximum Gasteiger partial charge on any atom is 0.138 e. The SMILES string of the molecule is CCOc1c(Br)cc(Br)cc1CNCCCCN(C)C. The fourth-order valence-electron chi connectivity index (χ4n) is 1.95. The van der Waals surface area contributed by atoms with Gasteiger partial charge in [0.25, 0.3) is 0 Å². The van der Waals surface area contributed by atoms with E-state index in [9.17, 15) is 0 Å². The summed E-state index contributed by atoms with van der Waals surface area (Å²) in [5.74, 6) is 0.941. The molecule has 0 atom stereocenters. The van der Waals surface area contributed by atoms with Gasteiger partial charge in [0.05, 0.1) is 11.1 Å². The lowest BCUT2D eigenvalue weighted by atomic mass is 10.2. The summed E-state index contributed by atoms with van der Waals surface area (Å²) in [5.41, 5.74) is 1.18. The molecule has 0 spiro atoms. The van der Waals surface area contributed by atoms with Gasteiger partial charge in [-0.1, -0.05) is 15.9 Å². The molecule has 1 rings (SSSR count). The Morgan fingerprint density at radius 3 is 2.60 bits per heavy atom. The van der Waals surface area contributed by atoms with Crippen molar-refractivity contribution in [3.05, 3.63) is 26.6 Å². The van der Waals surface area contributed by atoms with Crippen LogP contribution in [-0.2, 0) is 6.54 Å². The Morgan fingerprint density at radius 2 is 1.95 bits per heavy atom. The van der Waals surface area contributed by atoms with Crippen molar-refractivity contribution in [3.63, 3.8) is 0 Å². The highest BCUT2D eigenvalue weighted by Gasteiger charge is 2.09. The van der Waals surface area contributed by atoms with Gasteiger partial charge in [0, 0.05) is 16.6 Å². The monoisotopic (exact) mass is 406 g/mol. The van der Waals surface area contributed by atoms with Gasteiger partial charge in [-0.25, -0.2) is 0 Å². The Kier molecular flexibility index (Phi) is 8.77. The number of ether oxygens (including phenoxy) is 1.